The standard InChI is InChI=1S/C17H20N2O/c1(6-17-7-2-9-19(17)10-3-8-17)4-14-12-16-15(18-13-14)5-11-20-16/h1,4-5,11-13H,2-3,6-10H2. The minimum absolute atomic E-state index is 0.471. The van der Waals surface area contributed by atoms with Crippen molar-refractivity contribution < 1.29 is 4.42 Å². The van der Waals surface area contributed by atoms with Gasteiger partial charge in [0.1, 0.15) is 5.52 Å². The molecule has 0 unspecified atom stereocenters. The van der Waals surface area contributed by atoms with Crippen molar-refractivity contribution in [3.63, 3.8) is 0 Å². The molecule has 2 aliphatic heterocycles. The van der Waals surface area contributed by atoms with E-state index >= 15 is 0 Å². The molecule has 4 rings (SSSR count). The minimum Gasteiger partial charge on any atom is -0.463 e. The van der Waals surface area contributed by atoms with E-state index in [0.29, 0.717) is 5.54 Å². The maximum absolute atomic E-state index is 5.40. The van der Waals surface area contributed by atoms with Gasteiger partial charge < -0.3 is 4.42 Å². The zero-order chi connectivity index (χ0) is 13.4. The van der Waals surface area contributed by atoms with Gasteiger partial charge >= 0.3 is 0 Å². The predicted molar refractivity (Wildman–Crippen MR) is 80.4 cm³/mol. The van der Waals surface area contributed by atoms with E-state index in [1.54, 1.807) is 6.26 Å². The Labute approximate surface area is 119 Å². The smallest absolute Gasteiger partial charge is 0.152 e. The highest BCUT2D eigenvalue weighted by atomic mass is 16.3. The molecule has 0 radical (unpaired) electrons. The summed E-state index contributed by atoms with van der Waals surface area (Å²) in [6.07, 6.45) is 14.8. The lowest BCUT2D eigenvalue weighted by atomic mass is 9.90. The second-order valence-electron chi connectivity index (χ2n) is 6.10. The Bertz CT molecular complexity index is 633. The summed E-state index contributed by atoms with van der Waals surface area (Å²) in [4.78, 5) is 7.10. The maximum Gasteiger partial charge on any atom is 0.152 e. The number of furan rings is 1. The monoisotopic (exact) mass is 268 g/mol. The third-order valence-electron chi connectivity index (χ3n) is 4.94. The molecule has 2 aromatic rings. The van der Waals surface area contributed by atoms with Crippen molar-refractivity contribution in [2.45, 2.75) is 37.6 Å². The molecule has 3 heteroatoms. The molecule has 3 nitrogen and oxygen atoms in total. The first-order valence-electron chi connectivity index (χ1n) is 7.61. The van der Waals surface area contributed by atoms with Gasteiger partial charge in [-0.25, -0.2) is 0 Å². The molecular weight excluding hydrogens is 248 g/mol. The first-order chi connectivity index (χ1) is 9.86. The summed E-state index contributed by atoms with van der Waals surface area (Å²) in [6.45, 7) is 2.60. The Morgan fingerprint density at radius 3 is 3.00 bits per heavy atom. The number of aromatic nitrogens is 1. The molecule has 20 heavy (non-hydrogen) atoms. The van der Waals surface area contributed by atoms with Gasteiger partial charge in [-0.1, -0.05) is 12.2 Å². The topological polar surface area (TPSA) is 29.3 Å². The summed E-state index contributed by atoms with van der Waals surface area (Å²) >= 11 is 0. The van der Waals surface area contributed by atoms with E-state index in [-0.39, 0.29) is 0 Å². The first kappa shape index (κ1) is 12.2. The van der Waals surface area contributed by atoms with Crippen LogP contribution < -0.4 is 0 Å². The molecule has 0 aromatic carbocycles. The second kappa shape index (κ2) is 4.74. The molecule has 0 aliphatic carbocycles. The molecule has 4 heterocycles. The SMILES string of the molecule is C(=Cc1cnc2ccoc2c1)CC12CCCN1CCC2. The highest BCUT2D eigenvalue weighted by Gasteiger charge is 2.42. The zero-order valence-corrected chi connectivity index (χ0v) is 11.7. The molecular formula is C17H20N2O. The Hall–Kier alpha value is -1.61. The largest absolute Gasteiger partial charge is 0.463 e. The Morgan fingerprint density at radius 2 is 2.15 bits per heavy atom. The van der Waals surface area contributed by atoms with Gasteiger partial charge in [0.25, 0.3) is 0 Å². The van der Waals surface area contributed by atoms with Gasteiger partial charge in [-0.3, -0.25) is 9.88 Å². The summed E-state index contributed by atoms with van der Waals surface area (Å²) in [7, 11) is 0. The van der Waals surface area contributed by atoms with Crippen LogP contribution in [0, 0.1) is 0 Å². The van der Waals surface area contributed by atoms with Gasteiger partial charge in [0.05, 0.1) is 6.26 Å². The highest BCUT2D eigenvalue weighted by Crippen LogP contribution is 2.41. The summed E-state index contributed by atoms with van der Waals surface area (Å²) in [6, 6.07) is 3.97. The number of pyridine rings is 1. The van der Waals surface area contributed by atoms with Crippen molar-refractivity contribution in [1.82, 2.24) is 9.88 Å². The van der Waals surface area contributed by atoms with Crippen molar-refractivity contribution in [2.75, 3.05) is 13.1 Å². The minimum atomic E-state index is 0.471. The Balaban J connectivity index is 1.50. The van der Waals surface area contributed by atoms with Crippen molar-refractivity contribution in [1.29, 1.82) is 0 Å². The number of rotatable bonds is 3. The zero-order valence-electron chi connectivity index (χ0n) is 11.7. The van der Waals surface area contributed by atoms with Gasteiger partial charge in [0.15, 0.2) is 5.58 Å². The van der Waals surface area contributed by atoms with E-state index in [1.807, 2.05) is 12.3 Å². The van der Waals surface area contributed by atoms with E-state index in [0.717, 1.165) is 16.7 Å². The van der Waals surface area contributed by atoms with Gasteiger partial charge in [0, 0.05) is 17.8 Å². The number of fused-ring (bicyclic) bond motifs is 2. The highest BCUT2D eigenvalue weighted by molar-refractivity contribution is 5.74. The average molecular weight is 268 g/mol. The van der Waals surface area contributed by atoms with E-state index in [9.17, 15) is 0 Å². The van der Waals surface area contributed by atoms with Crippen LogP contribution in [0.25, 0.3) is 17.2 Å². The number of hydrogen-bond acceptors (Lipinski definition) is 3. The van der Waals surface area contributed by atoms with Crippen LogP contribution in [0.3, 0.4) is 0 Å². The van der Waals surface area contributed by atoms with E-state index in [4.69, 9.17) is 4.42 Å². The molecule has 0 amide bonds. The first-order valence-corrected chi connectivity index (χ1v) is 7.61. The fraction of sp³-hybridized carbons (Fsp3) is 0.471. The molecule has 0 atom stereocenters. The normalized spacial score (nSPS) is 22.0. The van der Waals surface area contributed by atoms with E-state index in [1.165, 1.54) is 45.2 Å². The summed E-state index contributed by atoms with van der Waals surface area (Å²) in [5.74, 6) is 0. The van der Waals surface area contributed by atoms with Crippen LogP contribution in [0.15, 0.2) is 35.1 Å². The third-order valence-corrected chi connectivity index (χ3v) is 4.94. The van der Waals surface area contributed by atoms with Crippen molar-refractivity contribution in [3.8, 4) is 0 Å². The Morgan fingerprint density at radius 1 is 1.30 bits per heavy atom. The number of nitrogens with zero attached hydrogens (tertiary/aromatic N) is 2. The van der Waals surface area contributed by atoms with Gasteiger partial charge in [-0.05, 0) is 56.8 Å². The molecule has 2 aromatic heterocycles. The fourth-order valence-corrected chi connectivity index (χ4v) is 3.93. The van der Waals surface area contributed by atoms with Crippen LogP contribution >= 0.6 is 0 Å². The van der Waals surface area contributed by atoms with E-state index in [2.05, 4.69) is 28.1 Å². The van der Waals surface area contributed by atoms with Gasteiger partial charge in [-0.2, -0.15) is 0 Å². The molecule has 0 spiro atoms. The van der Waals surface area contributed by atoms with Crippen LogP contribution in [0.1, 0.15) is 37.7 Å². The Kier molecular flexibility index (Phi) is 2.88. The molecule has 0 saturated carbocycles. The summed E-state index contributed by atoms with van der Waals surface area (Å²) in [5, 5.41) is 0. The lowest BCUT2D eigenvalue weighted by Crippen LogP contribution is -2.37. The lowest BCUT2D eigenvalue weighted by molar-refractivity contribution is 0.198. The maximum atomic E-state index is 5.40. The van der Waals surface area contributed by atoms with Crippen LogP contribution in [-0.2, 0) is 0 Å². The quantitative estimate of drug-likeness (QED) is 0.846. The van der Waals surface area contributed by atoms with Crippen molar-refractivity contribution in [3.05, 3.63) is 36.2 Å². The predicted octanol–water partition coefficient (Wildman–Crippen LogP) is 3.86. The fourth-order valence-electron chi connectivity index (χ4n) is 3.93. The van der Waals surface area contributed by atoms with Crippen LogP contribution in [-0.4, -0.2) is 28.5 Å². The third kappa shape index (κ3) is 1.97. The number of hydrogen-bond donors (Lipinski definition) is 0. The van der Waals surface area contributed by atoms with Crippen molar-refractivity contribution >= 4 is 17.2 Å². The molecule has 104 valence electrons. The molecule has 2 aliphatic rings. The lowest BCUT2D eigenvalue weighted by Gasteiger charge is -2.30. The van der Waals surface area contributed by atoms with Gasteiger partial charge in [0.2, 0.25) is 0 Å². The summed E-state index contributed by atoms with van der Waals surface area (Å²) in [5.41, 5.74) is 3.40. The van der Waals surface area contributed by atoms with Crippen LogP contribution in [0.5, 0.6) is 0 Å². The molecule has 0 bridgehead atoms. The molecule has 2 fully saturated rings. The van der Waals surface area contributed by atoms with Crippen molar-refractivity contribution in [2.24, 2.45) is 0 Å². The average Bonchev–Trinajstić information content (AvgIpc) is 3.11. The van der Waals surface area contributed by atoms with Gasteiger partial charge in [-0.15, -0.1) is 0 Å². The van der Waals surface area contributed by atoms with Crippen LogP contribution in [0.4, 0.5) is 0 Å². The van der Waals surface area contributed by atoms with E-state index < -0.39 is 0 Å². The van der Waals surface area contributed by atoms with Crippen LogP contribution in [0.2, 0.25) is 0 Å². The summed E-state index contributed by atoms with van der Waals surface area (Å²) < 4.78 is 5.40. The second-order valence-corrected chi connectivity index (χ2v) is 6.10. The molecule has 0 N–H and O–H groups in total. The molecule has 2 saturated heterocycles.